The predicted molar refractivity (Wildman–Crippen MR) is 109 cm³/mol. The average Bonchev–Trinajstić information content (AvgIpc) is 3.43. The third-order valence-corrected chi connectivity index (χ3v) is 5.32. The maximum Gasteiger partial charge on any atom is 0.251 e. The van der Waals surface area contributed by atoms with Crippen molar-refractivity contribution in [3.05, 3.63) is 77.3 Å². The van der Waals surface area contributed by atoms with Crippen LogP contribution >= 0.6 is 11.6 Å². The highest BCUT2D eigenvalue weighted by atomic mass is 35.5. The Morgan fingerprint density at radius 3 is 2.61 bits per heavy atom. The molecule has 4 rings (SSSR count). The van der Waals surface area contributed by atoms with Gasteiger partial charge in [0.15, 0.2) is 0 Å². The van der Waals surface area contributed by atoms with Gasteiger partial charge in [-0.1, -0.05) is 23.7 Å². The van der Waals surface area contributed by atoms with Crippen molar-refractivity contribution >= 4 is 17.5 Å². The molecule has 6 nitrogen and oxygen atoms in total. The van der Waals surface area contributed by atoms with E-state index in [0.29, 0.717) is 12.1 Å². The zero-order chi connectivity index (χ0) is 19.3. The van der Waals surface area contributed by atoms with Gasteiger partial charge >= 0.3 is 0 Å². The number of amides is 1. The molecule has 7 heteroatoms. The van der Waals surface area contributed by atoms with Crippen LogP contribution < -0.4 is 5.32 Å². The fraction of sp³-hybridized carbons (Fsp3) is 0.286. The molecule has 0 saturated carbocycles. The molecule has 1 saturated heterocycles. The molecular weight excluding hydrogens is 374 g/mol. The van der Waals surface area contributed by atoms with E-state index >= 15 is 0 Å². The van der Waals surface area contributed by atoms with E-state index in [9.17, 15) is 4.79 Å². The van der Waals surface area contributed by atoms with Crippen LogP contribution in [0.5, 0.6) is 0 Å². The van der Waals surface area contributed by atoms with E-state index < -0.39 is 0 Å². The van der Waals surface area contributed by atoms with Crippen LogP contribution in [-0.4, -0.2) is 45.2 Å². The third-order valence-electron chi connectivity index (χ3n) is 5.08. The summed E-state index contributed by atoms with van der Waals surface area (Å²) < 4.78 is 1.66. The minimum atomic E-state index is -0.0867. The summed E-state index contributed by atoms with van der Waals surface area (Å²) in [5.74, 6) is -0.0867. The Labute approximate surface area is 169 Å². The molecule has 0 aliphatic carbocycles. The maximum atomic E-state index is 12.7. The number of benzene rings is 2. The first-order valence-electron chi connectivity index (χ1n) is 9.43. The smallest absolute Gasteiger partial charge is 0.251 e. The predicted octanol–water partition coefficient (Wildman–Crippen LogP) is 3.49. The molecule has 0 unspecified atom stereocenters. The van der Waals surface area contributed by atoms with Crippen LogP contribution in [0.2, 0.25) is 5.02 Å². The van der Waals surface area contributed by atoms with E-state index in [4.69, 9.17) is 11.6 Å². The first-order chi connectivity index (χ1) is 13.7. The molecule has 1 amide bonds. The van der Waals surface area contributed by atoms with E-state index in [2.05, 4.69) is 26.4 Å². The van der Waals surface area contributed by atoms with Crippen molar-refractivity contribution in [1.82, 2.24) is 25.0 Å². The van der Waals surface area contributed by atoms with Crippen molar-refractivity contribution in [1.29, 1.82) is 0 Å². The van der Waals surface area contributed by atoms with Gasteiger partial charge in [0.25, 0.3) is 5.91 Å². The average molecular weight is 396 g/mol. The summed E-state index contributed by atoms with van der Waals surface area (Å²) in [6, 6.07) is 15.4. The first kappa shape index (κ1) is 18.7. The molecule has 144 valence electrons. The summed E-state index contributed by atoms with van der Waals surface area (Å²) in [4.78, 5) is 19.0. The summed E-state index contributed by atoms with van der Waals surface area (Å²) in [6.07, 6.45) is 5.49. The number of carbonyl (C=O) groups excluding carboxylic acids is 1. The number of hydrogen-bond acceptors (Lipinski definition) is 4. The minimum Gasteiger partial charge on any atom is -0.350 e. The van der Waals surface area contributed by atoms with E-state index in [1.54, 1.807) is 23.1 Å². The zero-order valence-electron chi connectivity index (χ0n) is 15.5. The number of nitrogens with zero attached hydrogens (tertiary/aromatic N) is 4. The van der Waals surface area contributed by atoms with Gasteiger partial charge in [-0.2, -0.15) is 5.10 Å². The van der Waals surface area contributed by atoms with Crippen molar-refractivity contribution in [3.8, 4) is 5.69 Å². The van der Waals surface area contributed by atoms with Crippen LogP contribution in [0, 0.1) is 0 Å². The molecule has 2 aromatic carbocycles. The Bertz CT molecular complexity index is 920. The van der Waals surface area contributed by atoms with Crippen molar-refractivity contribution in [3.63, 3.8) is 0 Å². The minimum absolute atomic E-state index is 0.0867. The lowest BCUT2D eigenvalue weighted by molar-refractivity contribution is 0.0938. The summed E-state index contributed by atoms with van der Waals surface area (Å²) in [5, 5.41) is 7.90. The van der Waals surface area contributed by atoms with Gasteiger partial charge in [0.05, 0.1) is 11.7 Å². The van der Waals surface area contributed by atoms with E-state index in [-0.39, 0.29) is 11.9 Å². The lowest BCUT2D eigenvalue weighted by Crippen LogP contribution is -2.36. The highest BCUT2D eigenvalue weighted by molar-refractivity contribution is 6.30. The molecule has 1 atom stereocenters. The molecule has 28 heavy (non-hydrogen) atoms. The van der Waals surface area contributed by atoms with Crippen molar-refractivity contribution in [2.75, 3.05) is 19.6 Å². The normalized spacial score (nSPS) is 15.5. The quantitative estimate of drug-likeness (QED) is 0.694. The summed E-state index contributed by atoms with van der Waals surface area (Å²) in [6.45, 7) is 2.63. The highest BCUT2D eigenvalue weighted by Gasteiger charge is 2.24. The van der Waals surface area contributed by atoms with Gasteiger partial charge in [0.1, 0.15) is 12.7 Å². The summed E-state index contributed by atoms with van der Waals surface area (Å²) in [5.41, 5.74) is 2.62. The fourth-order valence-electron chi connectivity index (χ4n) is 3.62. The summed E-state index contributed by atoms with van der Waals surface area (Å²) in [7, 11) is 0. The second-order valence-electron chi connectivity index (χ2n) is 6.91. The number of rotatable bonds is 6. The van der Waals surface area contributed by atoms with Crippen LogP contribution in [0.4, 0.5) is 0 Å². The lowest BCUT2D eigenvalue weighted by atomic mass is 10.1. The van der Waals surface area contributed by atoms with Crippen molar-refractivity contribution < 1.29 is 4.79 Å². The monoisotopic (exact) mass is 395 g/mol. The lowest BCUT2D eigenvalue weighted by Gasteiger charge is -2.28. The van der Waals surface area contributed by atoms with Gasteiger partial charge in [-0.05, 0) is 67.9 Å². The summed E-state index contributed by atoms with van der Waals surface area (Å²) >= 11 is 6.19. The number of likely N-dealkylation sites (tertiary alicyclic amines) is 1. The van der Waals surface area contributed by atoms with E-state index in [1.807, 2.05) is 30.3 Å². The van der Waals surface area contributed by atoms with Crippen LogP contribution in [0.1, 0.15) is 34.8 Å². The van der Waals surface area contributed by atoms with Crippen LogP contribution in [-0.2, 0) is 0 Å². The van der Waals surface area contributed by atoms with Crippen LogP contribution in [0.25, 0.3) is 5.69 Å². The molecule has 1 aliphatic heterocycles. The molecule has 1 aliphatic rings. The SMILES string of the molecule is O=C(NC[C@H](c1cccc(Cl)c1)N1CCCC1)c1ccc(-n2cncn2)cc1. The van der Waals surface area contributed by atoms with E-state index in [1.165, 1.54) is 19.2 Å². The second kappa shape index (κ2) is 8.54. The largest absolute Gasteiger partial charge is 0.350 e. The Hall–Kier alpha value is -2.70. The Morgan fingerprint density at radius 2 is 1.93 bits per heavy atom. The first-order valence-corrected chi connectivity index (χ1v) is 9.81. The molecule has 0 bridgehead atoms. The molecule has 2 heterocycles. The number of carbonyl (C=O) groups is 1. The second-order valence-corrected chi connectivity index (χ2v) is 7.35. The number of halogens is 1. The molecular formula is C21H22ClN5O. The van der Waals surface area contributed by atoms with Gasteiger partial charge in [-0.25, -0.2) is 9.67 Å². The Balaban J connectivity index is 1.45. The van der Waals surface area contributed by atoms with Gasteiger partial charge in [-0.15, -0.1) is 0 Å². The molecule has 3 aromatic rings. The van der Waals surface area contributed by atoms with Crippen LogP contribution in [0.3, 0.4) is 0 Å². The van der Waals surface area contributed by atoms with Crippen molar-refractivity contribution in [2.45, 2.75) is 18.9 Å². The molecule has 1 aromatic heterocycles. The molecule has 0 spiro atoms. The zero-order valence-corrected chi connectivity index (χ0v) is 16.2. The molecule has 0 radical (unpaired) electrons. The number of nitrogens with one attached hydrogen (secondary N) is 1. The number of hydrogen-bond donors (Lipinski definition) is 1. The standard InChI is InChI=1S/C21H22ClN5O/c22-18-5-3-4-17(12-18)20(26-10-1-2-11-26)13-24-21(28)16-6-8-19(9-7-16)27-15-23-14-25-27/h3-9,12,14-15,20H,1-2,10-11,13H2,(H,24,28)/t20-/m1/s1. The van der Waals surface area contributed by atoms with E-state index in [0.717, 1.165) is 29.4 Å². The number of aromatic nitrogens is 3. The van der Waals surface area contributed by atoms with Crippen LogP contribution in [0.15, 0.2) is 61.2 Å². The van der Waals surface area contributed by atoms with Gasteiger partial charge in [-0.3, -0.25) is 9.69 Å². The Kier molecular flexibility index (Phi) is 5.69. The van der Waals surface area contributed by atoms with Gasteiger partial charge in [0, 0.05) is 17.1 Å². The third kappa shape index (κ3) is 4.24. The fourth-order valence-corrected chi connectivity index (χ4v) is 3.82. The molecule has 1 fully saturated rings. The van der Waals surface area contributed by atoms with Crippen molar-refractivity contribution in [2.24, 2.45) is 0 Å². The molecule has 1 N–H and O–H groups in total. The van der Waals surface area contributed by atoms with Gasteiger partial charge < -0.3 is 5.32 Å². The van der Waals surface area contributed by atoms with Gasteiger partial charge in [0.2, 0.25) is 0 Å². The maximum absolute atomic E-state index is 12.7. The Morgan fingerprint density at radius 1 is 1.14 bits per heavy atom. The topological polar surface area (TPSA) is 63.1 Å². The highest BCUT2D eigenvalue weighted by Crippen LogP contribution is 2.26.